The van der Waals surface area contributed by atoms with Crippen molar-refractivity contribution in [2.24, 2.45) is 11.8 Å². The van der Waals surface area contributed by atoms with Crippen LogP contribution >= 0.6 is 0 Å². The zero-order valence-electron chi connectivity index (χ0n) is 20.7. The first-order valence-electron chi connectivity index (χ1n) is 13.4. The minimum absolute atomic E-state index is 0.00936. The molecule has 1 spiro atoms. The number of carbonyl (C=O) groups is 2. The van der Waals surface area contributed by atoms with Gasteiger partial charge >= 0.3 is 0 Å². The van der Waals surface area contributed by atoms with Crippen LogP contribution < -0.4 is 10.6 Å². The van der Waals surface area contributed by atoms with Crippen molar-refractivity contribution < 1.29 is 9.59 Å². The Labute approximate surface area is 215 Å². The van der Waals surface area contributed by atoms with Gasteiger partial charge in [0, 0.05) is 36.6 Å². The van der Waals surface area contributed by atoms with Gasteiger partial charge in [-0.1, -0.05) is 31.4 Å². The van der Waals surface area contributed by atoms with Gasteiger partial charge in [0.15, 0.2) is 0 Å². The van der Waals surface area contributed by atoms with Crippen molar-refractivity contribution in [1.82, 2.24) is 19.9 Å². The number of hydrogen-bond donors (Lipinski definition) is 2. The van der Waals surface area contributed by atoms with Crippen LogP contribution in [0.1, 0.15) is 59.3 Å². The number of carbonyl (C=O) groups excluding carboxylic acids is 2. The lowest BCUT2D eigenvalue weighted by Crippen LogP contribution is -2.45. The maximum Gasteiger partial charge on any atom is 0.272 e. The van der Waals surface area contributed by atoms with Crippen molar-refractivity contribution >= 4 is 29.1 Å². The SMILES string of the molecule is O=C(c1cc(Nc2ccc3c(c2)CC2(C3)C(=O)Nc3ncccc32)ncn1)N1CCC2CCCCC2C1. The smallest absolute Gasteiger partial charge is 0.272 e. The molecule has 4 aliphatic rings. The number of hydrogen-bond acceptors (Lipinski definition) is 6. The molecule has 3 unspecified atom stereocenters. The Hall–Kier alpha value is -3.81. The second-order valence-electron chi connectivity index (χ2n) is 11.0. The first-order valence-corrected chi connectivity index (χ1v) is 13.4. The Bertz CT molecular complexity index is 1410. The number of benzene rings is 1. The standard InChI is InChI=1S/C29H30N6O2/c36-27(35-11-9-18-4-1-2-5-20(18)16-35)24-13-25(32-17-31-24)33-22-8-7-19-14-29(15-21(19)12-22)23-6-3-10-30-26(23)34-28(29)37/h3,6-8,10,12-13,17-18,20H,1-2,4-5,9,11,14-16H2,(H,30,34,37)(H,31,32,33). The first kappa shape index (κ1) is 22.4. The van der Waals surface area contributed by atoms with Crippen LogP contribution in [0.4, 0.5) is 17.3 Å². The minimum Gasteiger partial charge on any atom is -0.340 e. The number of likely N-dealkylation sites (tertiary alicyclic amines) is 1. The van der Waals surface area contributed by atoms with E-state index in [1.807, 2.05) is 23.1 Å². The molecular weight excluding hydrogens is 464 g/mol. The van der Waals surface area contributed by atoms with Crippen LogP contribution in [0.5, 0.6) is 0 Å². The lowest BCUT2D eigenvalue weighted by atomic mass is 9.75. The Kier molecular flexibility index (Phi) is 5.23. The summed E-state index contributed by atoms with van der Waals surface area (Å²) >= 11 is 0. The van der Waals surface area contributed by atoms with E-state index in [1.165, 1.54) is 37.6 Å². The predicted octanol–water partition coefficient (Wildman–Crippen LogP) is 4.26. The van der Waals surface area contributed by atoms with Gasteiger partial charge in [0.05, 0.1) is 5.41 Å². The van der Waals surface area contributed by atoms with Crippen molar-refractivity contribution in [2.45, 2.75) is 50.4 Å². The highest BCUT2D eigenvalue weighted by molar-refractivity contribution is 6.06. The molecule has 8 nitrogen and oxygen atoms in total. The summed E-state index contributed by atoms with van der Waals surface area (Å²) in [6.45, 7) is 1.65. The lowest BCUT2D eigenvalue weighted by molar-refractivity contribution is -0.120. The molecule has 2 aliphatic carbocycles. The number of nitrogens with one attached hydrogen (secondary N) is 2. The van der Waals surface area contributed by atoms with Crippen LogP contribution in [-0.2, 0) is 23.1 Å². The highest BCUT2D eigenvalue weighted by Crippen LogP contribution is 2.47. The molecule has 1 saturated carbocycles. The van der Waals surface area contributed by atoms with Gasteiger partial charge in [-0.25, -0.2) is 15.0 Å². The zero-order valence-corrected chi connectivity index (χ0v) is 20.7. The number of pyridine rings is 1. The molecular formula is C29H30N6O2. The Balaban J connectivity index is 1.08. The molecule has 1 aromatic carbocycles. The van der Waals surface area contributed by atoms with Crippen LogP contribution in [0.3, 0.4) is 0 Å². The van der Waals surface area contributed by atoms with Crippen molar-refractivity contribution in [3.8, 4) is 0 Å². The van der Waals surface area contributed by atoms with Gasteiger partial charge in [0.2, 0.25) is 5.91 Å². The molecule has 2 aliphatic heterocycles. The highest BCUT2D eigenvalue weighted by atomic mass is 16.2. The predicted molar refractivity (Wildman–Crippen MR) is 140 cm³/mol. The Morgan fingerprint density at radius 1 is 1.00 bits per heavy atom. The summed E-state index contributed by atoms with van der Waals surface area (Å²) in [4.78, 5) is 41.3. The fraction of sp³-hybridized carbons (Fsp3) is 0.414. The summed E-state index contributed by atoms with van der Waals surface area (Å²) in [6.07, 6.45) is 10.7. The largest absolute Gasteiger partial charge is 0.340 e. The third-order valence-corrected chi connectivity index (χ3v) is 8.92. The molecule has 3 atom stereocenters. The monoisotopic (exact) mass is 494 g/mol. The Morgan fingerprint density at radius 3 is 2.78 bits per heavy atom. The number of aromatic nitrogens is 3. The summed E-state index contributed by atoms with van der Waals surface area (Å²) < 4.78 is 0. The molecule has 188 valence electrons. The molecule has 3 aromatic rings. The summed E-state index contributed by atoms with van der Waals surface area (Å²) in [5.74, 6) is 2.67. The van der Waals surface area contributed by atoms with Crippen LogP contribution in [0.25, 0.3) is 0 Å². The minimum atomic E-state index is -0.592. The maximum atomic E-state index is 13.3. The number of anilines is 3. The topological polar surface area (TPSA) is 100 Å². The van der Waals surface area contributed by atoms with E-state index in [-0.39, 0.29) is 11.8 Å². The van der Waals surface area contributed by atoms with E-state index >= 15 is 0 Å². The molecule has 2 amide bonds. The van der Waals surface area contributed by atoms with Gasteiger partial charge in [-0.15, -0.1) is 0 Å². The summed E-state index contributed by atoms with van der Waals surface area (Å²) in [6, 6.07) is 11.8. The van der Waals surface area contributed by atoms with E-state index in [4.69, 9.17) is 0 Å². The number of fused-ring (bicyclic) bond motifs is 4. The third kappa shape index (κ3) is 3.77. The van der Waals surface area contributed by atoms with E-state index in [9.17, 15) is 9.59 Å². The maximum absolute atomic E-state index is 13.3. The van der Waals surface area contributed by atoms with Crippen LogP contribution in [0.2, 0.25) is 0 Å². The van der Waals surface area contributed by atoms with E-state index in [0.29, 0.717) is 36.1 Å². The van der Waals surface area contributed by atoms with Crippen molar-refractivity contribution in [2.75, 3.05) is 23.7 Å². The molecule has 2 fully saturated rings. The summed E-state index contributed by atoms with van der Waals surface area (Å²) in [5, 5.41) is 6.31. The highest BCUT2D eigenvalue weighted by Gasteiger charge is 2.51. The molecule has 2 N–H and O–H groups in total. The fourth-order valence-corrected chi connectivity index (χ4v) is 6.98. The third-order valence-electron chi connectivity index (χ3n) is 8.92. The van der Waals surface area contributed by atoms with Crippen molar-refractivity contribution in [3.05, 3.63) is 71.3 Å². The van der Waals surface area contributed by atoms with Crippen LogP contribution in [-0.4, -0.2) is 44.8 Å². The van der Waals surface area contributed by atoms with Gasteiger partial charge < -0.3 is 15.5 Å². The van der Waals surface area contributed by atoms with E-state index in [0.717, 1.165) is 42.2 Å². The Morgan fingerprint density at radius 2 is 1.86 bits per heavy atom. The zero-order chi connectivity index (χ0) is 25.0. The van der Waals surface area contributed by atoms with Gasteiger partial charge in [-0.2, -0.15) is 0 Å². The summed E-state index contributed by atoms with van der Waals surface area (Å²) in [7, 11) is 0. The molecule has 2 aromatic heterocycles. The molecule has 8 heteroatoms. The molecule has 0 bridgehead atoms. The number of nitrogens with zero attached hydrogens (tertiary/aromatic N) is 4. The van der Waals surface area contributed by atoms with Gasteiger partial charge in [0.25, 0.3) is 5.91 Å². The molecule has 37 heavy (non-hydrogen) atoms. The van der Waals surface area contributed by atoms with E-state index < -0.39 is 5.41 Å². The fourth-order valence-electron chi connectivity index (χ4n) is 6.98. The van der Waals surface area contributed by atoms with Gasteiger partial charge in [0.1, 0.15) is 23.7 Å². The van der Waals surface area contributed by atoms with Crippen LogP contribution in [0, 0.1) is 11.8 Å². The number of rotatable bonds is 3. The van der Waals surface area contributed by atoms with Gasteiger partial charge in [-0.05, 0) is 66.8 Å². The van der Waals surface area contributed by atoms with Crippen LogP contribution in [0.15, 0.2) is 48.9 Å². The first-order chi connectivity index (χ1) is 18.1. The average molecular weight is 495 g/mol. The van der Waals surface area contributed by atoms with Crippen molar-refractivity contribution in [3.63, 3.8) is 0 Å². The number of piperidine rings is 1. The second kappa shape index (κ2) is 8.64. The van der Waals surface area contributed by atoms with Crippen molar-refractivity contribution in [1.29, 1.82) is 0 Å². The average Bonchev–Trinajstić information content (AvgIpc) is 3.45. The lowest BCUT2D eigenvalue weighted by Gasteiger charge is -2.41. The normalized spacial score (nSPS) is 25.8. The quantitative estimate of drug-likeness (QED) is 0.565. The van der Waals surface area contributed by atoms with E-state index in [2.05, 4.69) is 37.7 Å². The molecule has 1 saturated heterocycles. The second-order valence-corrected chi connectivity index (χ2v) is 11.0. The molecule has 7 rings (SSSR count). The van der Waals surface area contributed by atoms with E-state index in [1.54, 1.807) is 12.3 Å². The molecule has 0 radical (unpaired) electrons. The molecule has 4 heterocycles. The van der Waals surface area contributed by atoms with Gasteiger partial charge in [-0.3, -0.25) is 9.59 Å². The number of amides is 2. The summed E-state index contributed by atoms with van der Waals surface area (Å²) in [5.41, 5.74) is 3.99.